The first kappa shape index (κ1) is 41.6. The molecule has 3 fully saturated rings. The number of benzene rings is 3. The normalized spacial score (nSPS) is 17.3. The molecule has 0 saturated carbocycles. The van der Waals surface area contributed by atoms with Gasteiger partial charge in [-0.25, -0.2) is 18.6 Å². The molecule has 3 amide bonds. The quantitative estimate of drug-likeness (QED) is 0.188. The maximum absolute atomic E-state index is 15.7. The number of nitrogens with zero attached hydrogens (tertiary/aromatic N) is 9. The molecule has 3 aliphatic heterocycles. The lowest BCUT2D eigenvalue weighted by molar-refractivity contribution is -0.120. The molecule has 0 atom stereocenters. The molecule has 8 rings (SSSR count). The van der Waals surface area contributed by atoms with Crippen LogP contribution in [0.4, 0.5) is 30.8 Å². The maximum atomic E-state index is 15.7. The van der Waals surface area contributed by atoms with E-state index in [-0.39, 0.29) is 59.3 Å². The number of hydrogen-bond acceptors (Lipinski definition) is 11. The van der Waals surface area contributed by atoms with Crippen LogP contribution in [0, 0.1) is 28.9 Å². The lowest BCUT2D eigenvalue weighted by Gasteiger charge is -2.42. The molecule has 2 aromatic heterocycles. The summed E-state index contributed by atoms with van der Waals surface area (Å²) >= 11 is 0. The van der Waals surface area contributed by atoms with Crippen molar-refractivity contribution in [1.82, 2.24) is 33.9 Å². The second-order valence-electron chi connectivity index (χ2n) is 15.6. The minimum absolute atomic E-state index is 0.0713. The molecule has 3 aromatic carbocycles. The number of amides is 3. The van der Waals surface area contributed by atoms with E-state index >= 15 is 8.78 Å². The van der Waals surface area contributed by atoms with Crippen LogP contribution >= 0.6 is 0 Å². The molecule has 17 nitrogen and oxygen atoms in total. The molecular formula is C41H45F2N11O6S. The number of aryl methyl sites for hydroxylation is 1. The number of imide groups is 1. The van der Waals surface area contributed by atoms with Crippen LogP contribution in [0.3, 0.4) is 0 Å². The van der Waals surface area contributed by atoms with Gasteiger partial charge in [0.25, 0.3) is 5.56 Å². The van der Waals surface area contributed by atoms with Gasteiger partial charge in [-0.15, -0.1) is 0 Å². The number of carbonyl (C=O) groups is 2. The average molecular weight is 858 g/mol. The zero-order valence-corrected chi connectivity index (χ0v) is 34.7. The predicted molar refractivity (Wildman–Crippen MR) is 224 cm³/mol. The van der Waals surface area contributed by atoms with E-state index in [9.17, 15) is 28.1 Å². The highest BCUT2D eigenvalue weighted by Crippen LogP contribution is 2.36. The van der Waals surface area contributed by atoms with Gasteiger partial charge in [0.05, 0.1) is 34.1 Å². The van der Waals surface area contributed by atoms with Crippen molar-refractivity contribution in [1.29, 1.82) is 5.26 Å². The number of hydrogen-bond donors (Lipinski definition) is 2. The van der Waals surface area contributed by atoms with E-state index in [0.29, 0.717) is 53.6 Å². The number of likely N-dealkylation sites (tertiary alicyclic amines) is 1. The number of piperidine rings is 2. The van der Waals surface area contributed by atoms with E-state index in [1.54, 1.807) is 35.4 Å². The lowest BCUT2D eigenvalue weighted by Crippen LogP contribution is -2.49. The summed E-state index contributed by atoms with van der Waals surface area (Å²) in [5.41, 5.74) is 0.780. The van der Waals surface area contributed by atoms with Crippen LogP contribution in [0.2, 0.25) is 0 Å². The number of anilines is 3. The molecular weight excluding hydrogens is 813 g/mol. The second-order valence-corrected chi connectivity index (χ2v) is 17.4. The van der Waals surface area contributed by atoms with Crippen LogP contribution < -0.4 is 30.1 Å². The van der Waals surface area contributed by atoms with Crippen LogP contribution in [0.15, 0.2) is 53.6 Å². The van der Waals surface area contributed by atoms with Gasteiger partial charge in [-0.05, 0) is 87.2 Å². The lowest BCUT2D eigenvalue weighted by atomic mass is 9.93. The molecule has 320 valence electrons. The summed E-state index contributed by atoms with van der Waals surface area (Å²) in [6, 6.07) is 11.4. The van der Waals surface area contributed by atoms with E-state index in [1.807, 2.05) is 6.07 Å². The van der Waals surface area contributed by atoms with Gasteiger partial charge in [-0.1, -0.05) is 6.92 Å². The molecule has 5 aromatic rings. The third-order valence-electron chi connectivity index (χ3n) is 12.0. The Hall–Kier alpha value is -6.17. The Morgan fingerprint density at radius 2 is 1.74 bits per heavy atom. The Kier molecular flexibility index (Phi) is 11.4. The van der Waals surface area contributed by atoms with Crippen LogP contribution in [-0.2, 0) is 28.6 Å². The number of ether oxygens (including phenoxy) is 1. The number of carbonyl (C=O) groups excluding carboxylic acids is 2. The van der Waals surface area contributed by atoms with E-state index in [0.717, 1.165) is 55.2 Å². The topological polar surface area (TPSA) is 191 Å². The van der Waals surface area contributed by atoms with Crippen molar-refractivity contribution in [2.24, 2.45) is 13.0 Å². The fourth-order valence-corrected chi connectivity index (χ4v) is 9.34. The van der Waals surface area contributed by atoms with Crippen molar-refractivity contribution < 1.29 is 31.5 Å². The number of aromatic nitrogens is 4. The Balaban J connectivity index is 0.890. The Morgan fingerprint density at radius 3 is 2.44 bits per heavy atom. The van der Waals surface area contributed by atoms with E-state index in [1.165, 1.54) is 36.5 Å². The molecule has 0 radical (unpaired) electrons. The molecule has 0 unspecified atom stereocenters. The van der Waals surface area contributed by atoms with Crippen LogP contribution in [-0.4, -0.2) is 101 Å². The Morgan fingerprint density at radius 1 is 0.984 bits per heavy atom. The summed E-state index contributed by atoms with van der Waals surface area (Å²) in [6.45, 7) is 5.49. The third kappa shape index (κ3) is 8.20. The molecule has 5 heterocycles. The molecule has 0 spiro atoms. The molecule has 61 heavy (non-hydrogen) atoms. The van der Waals surface area contributed by atoms with Gasteiger partial charge in [0.2, 0.25) is 5.91 Å². The molecule has 3 aliphatic rings. The second kappa shape index (κ2) is 16.7. The highest BCUT2D eigenvalue weighted by Gasteiger charge is 2.32. The average Bonchev–Trinajstić information content (AvgIpc) is 3.56. The number of halogens is 2. The standard InChI is InChI=1S/C41H45F2N11O6S/c1-4-49(2)61(58,59)48-34-8-6-31(42)38(30(34)22-44)60-27-5-7-33-28(19-27)40(56)53(24-45-33)23-25-9-14-51(15-10-25)26-11-16-52(17-12-26)36-21-35-29(20-32(36)43)39(47-50(35)3)54-18-13-37(55)46-41(54)57/h5-8,19-21,24-26,48H,4,9-18,23H2,1-3H3,(H,46,55,57). The Bertz CT molecular complexity index is 2760. The first-order chi connectivity index (χ1) is 29.2. The number of rotatable bonds is 11. The monoisotopic (exact) mass is 857 g/mol. The molecule has 0 aliphatic carbocycles. The summed E-state index contributed by atoms with van der Waals surface area (Å²) < 4.78 is 68.4. The summed E-state index contributed by atoms with van der Waals surface area (Å²) in [4.78, 5) is 48.3. The molecule has 3 saturated heterocycles. The van der Waals surface area contributed by atoms with Gasteiger partial charge in [-0.2, -0.15) is 23.1 Å². The largest absolute Gasteiger partial charge is 0.453 e. The van der Waals surface area contributed by atoms with Crippen molar-refractivity contribution in [2.75, 3.05) is 60.8 Å². The number of nitrogens with one attached hydrogen (secondary N) is 2. The minimum atomic E-state index is -4.01. The fraction of sp³-hybridized carbons (Fsp3) is 0.415. The first-order valence-electron chi connectivity index (χ1n) is 20.1. The third-order valence-corrected chi connectivity index (χ3v) is 13.5. The fourth-order valence-electron chi connectivity index (χ4n) is 8.40. The molecule has 2 N–H and O–H groups in total. The van der Waals surface area contributed by atoms with Gasteiger partial charge in [0.1, 0.15) is 23.2 Å². The van der Waals surface area contributed by atoms with E-state index in [2.05, 4.69) is 29.9 Å². The minimum Gasteiger partial charge on any atom is -0.453 e. The van der Waals surface area contributed by atoms with Crippen LogP contribution in [0.1, 0.15) is 44.6 Å². The van der Waals surface area contributed by atoms with Gasteiger partial charge in [-0.3, -0.25) is 33.8 Å². The number of urea groups is 1. The summed E-state index contributed by atoms with van der Waals surface area (Å²) in [5.74, 6) is -1.51. The first-order valence-corrected chi connectivity index (χ1v) is 21.6. The number of nitriles is 1. The predicted octanol–water partition coefficient (Wildman–Crippen LogP) is 4.66. The van der Waals surface area contributed by atoms with Gasteiger partial charge >= 0.3 is 16.2 Å². The SMILES string of the molecule is CCN(C)S(=O)(=O)Nc1ccc(F)c(Oc2ccc3ncn(CC4CCN(C5CCN(c6cc7c(cc6F)c(N6CCC(=O)NC6=O)nn7C)CC5)CC4)c(=O)c3c2)c1C#N. The molecule has 0 bridgehead atoms. The zero-order valence-electron chi connectivity index (χ0n) is 33.9. The van der Waals surface area contributed by atoms with Crippen molar-refractivity contribution in [3.05, 3.63) is 76.3 Å². The highest BCUT2D eigenvalue weighted by molar-refractivity contribution is 7.90. The van der Waals surface area contributed by atoms with E-state index < -0.39 is 33.6 Å². The molecule has 20 heteroatoms. The van der Waals surface area contributed by atoms with Crippen molar-refractivity contribution >= 4 is 61.1 Å². The van der Waals surface area contributed by atoms with Crippen molar-refractivity contribution in [3.63, 3.8) is 0 Å². The van der Waals surface area contributed by atoms with Crippen LogP contribution in [0.25, 0.3) is 21.8 Å². The van der Waals surface area contributed by atoms with Gasteiger partial charge < -0.3 is 14.5 Å². The summed E-state index contributed by atoms with van der Waals surface area (Å²) in [6.07, 6.45) is 5.12. The van der Waals surface area contributed by atoms with Crippen molar-refractivity contribution in [2.45, 2.75) is 51.6 Å². The van der Waals surface area contributed by atoms with Gasteiger partial charge in [0.15, 0.2) is 17.4 Å². The zero-order chi connectivity index (χ0) is 43.2. The van der Waals surface area contributed by atoms with Crippen molar-refractivity contribution in [3.8, 4) is 17.6 Å². The smallest absolute Gasteiger partial charge is 0.329 e. The highest BCUT2D eigenvalue weighted by atomic mass is 32.2. The Labute approximate surface area is 350 Å². The maximum Gasteiger partial charge on any atom is 0.329 e. The summed E-state index contributed by atoms with van der Waals surface area (Å²) in [5, 5.41) is 17.4. The van der Waals surface area contributed by atoms with Gasteiger partial charge in [0, 0.05) is 64.7 Å². The van der Waals surface area contributed by atoms with Crippen LogP contribution in [0.5, 0.6) is 11.5 Å². The summed E-state index contributed by atoms with van der Waals surface area (Å²) in [7, 11) is -0.904. The van der Waals surface area contributed by atoms with E-state index in [4.69, 9.17) is 4.74 Å². The number of fused-ring (bicyclic) bond motifs is 2.